The lowest BCUT2D eigenvalue weighted by Gasteiger charge is -2.22. The Bertz CT molecular complexity index is 841. The molecule has 0 radical (unpaired) electrons. The predicted octanol–water partition coefficient (Wildman–Crippen LogP) is 3.97. The van der Waals surface area contributed by atoms with Crippen LogP contribution in [0.3, 0.4) is 0 Å². The van der Waals surface area contributed by atoms with Crippen LogP contribution in [0.15, 0.2) is 36.4 Å². The molecule has 3 aromatic rings. The number of nitrogens with zero attached hydrogens (tertiary/aromatic N) is 2. The van der Waals surface area contributed by atoms with Crippen LogP contribution >= 0.6 is 12.6 Å². The van der Waals surface area contributed by atoms with E-state index in [0.29, 0.717) is 0 Å². The van der Waals surface area contributed by atoms with Gasteiger partial charge in [0.05, 0.1) is 23.4 Å². The minimum atomic E-state index is -0.119. The van der Waals surface area contributed by atoms with Crippen LogP contribution in [-0.4, -0.2) is 31.2 Å². The topological polar surface area (TPSA) is 41.1 Å². The third kappa shape index (κ3) is 2.88. The van der Waals surface area contributed by atoms with Crippen molar-refractivity contribution in [3.8, 4) is 5.75 Å². The maximum atomic E-state index is 5.27. The standard InChI is InChI=1S/C18H21N3OS/c1-11-6-5-7-15(21(2)3)16(11)17(23)18-19-13-9-8-12(22-4)10-14(13)20-18/h5-10,17,23H,1-4H3,(H,19,20). The number of thiol groups is 1. The molecule has 120 valence electrons. The Morgan fingerprint density at radius 1 is 1.22 bits per heavy atom. The molecular formula is C18H21N3OS. The summed E-state index contributed by atoms with van der Waals surface area (Å²) in [5, 5.41) is -0.119. The smallest absolute Gasteiger partial charge is 0.124 e. The minimum Gasteiger partial charge on any atom is -0.497 e. The van der Waals surface area contributed by atoms with E-state index in [1.54, 1.807) is 7.11 Å². The average molecular weight is 327 g/mol. The van der Waals surface area contributed by atoms with Crippen molar-refractivity contribution in [1.82, 2.24) is 9.97 Å². The highest BCUT2D eigenvalue weighted by Gasteiger charge is 2.20. The second-order valence-corrected chi connectivity index (χ2v) is 6.33. The third-order valence-electron chi connectivity index (χ3n) is 4.02. The lowest BCUT2D eigenvalue weighted by atomic mass is 10.0. The van der Waals surface area contributed by atoms with Gasteiger partial charge in [-0.05, 0) is 36.2 Å². The van der Waals surface area contributed by atoms with Crippen LogP contribution in [0.1, 0.15) is 22.2 Å². The molecule has 2 aromatic carbocycles. The highest BCUT2D eigenvalue weighted by molar-refractivity contribution is 7.80. The molecule has 0 aliphatic carbocycles. The number of ether oxygens (including phenoxy) is 1. The lowest BCUT2D eigenvalue weighted by molar-refractivity contribution is 0.415. The third-order valence-corrected chi connectivity index (χ3v) is 4.53. The molecule has 23 heavy (non-hydrogen) atoms. The molecule has 1 N–H and O–H groups in total. The van der Waals surface area contributed by atoms with Crippen molar-refractivity contribution in [2.75, 3.05) is 26.1 Å². The van der Waals surface area contributed by atoms with Crippen LogP contribution < -0.4 is 9.64 Å². The number of hydrogen-bond donors (Lipinski definition) is 2. The number of methoxy groups -OCH3 is 1. The number of anilines is 1. The van der Waals surface area contributed by atoms with Gasteiger partial charge in [0.2, 0.25) is 0 Å². The van der Waals surface area contributed by atoms with Gasteiger partial charge in [-0.1, -0.05) is 12.1 Å². The SMILES string of the molecule is COc1ccc2[nH]c(C(S)c3c(C)cccc3N(C)C)nc2c1. The minimum absolute atomic E-state index is 0.119. The number of fused-ring (bicyclic) bond motifs is 1. The van der Waals surface area contributed by atoms with E-state index in [4.69, 9.17) is 22.3 Å². The fraction of sp³-hybridized carbons (Fsp3) is 0.278. The first-order valence-corrected chi connectivity index (χ1v) is 8.01. The molecule has 0 aliphatic rings. The van der Waals surface area contributed by atoms with Gasteiger partial charge in [0.15, 0.2) is 0 Å². The van der Waals surface area contributed by atoms with Crippen LogP contribution in [0.25, 0.3) is 11.0 Å². The van der Waals surface area contributed by atoms with Crippen LogP contribution in [0, 0.1) is 6.92 Å². The fourth-order valence-corrected chi connectivity index (χ4v) is 3.27. The number of aryl methyl sites for hydroxylation is 1. The summed E-state index contributed by atoms with van der Waals surface area (Å²) in [4.78, 5) is 10.2. The van der Waals surface area contributed by atoms with E-state index in [1.807, 2.05) is 32.3 Å². The van der Waals surface area contributed by atoms with Crippen molar-refractivity contribution in [2.24, 2.45) is 0 Å². The van der Waals surface area contributed by atoms with E-state index in [2.05, 4.69) is 35.0 Å². The fourth-order valence-electron chi connectivity index (χ4n) is 2.81. The Kier molecular flexibility index (Phi) is 4.22. The number of rotatable bonds is 4. The van der Waals surface area contributed by atoms with Crippen LogP contribution in [-0.2, 0) is 0 Å². The summed E-state index contributed by atoms with van der Waals surface area (Å²) in [6, 6.07) is 12.1. The first-order valence-electron chi connectivity index (χ1n) is 7.50. The average Bonchev–Trinajstić information content (AvgIpc) is 2.96. The van der Waals surface area contributed by atoms with Gasteiger partial charge in [-0.25, -0.2) is 4.98 Å². The second kappa shape index (κ2) is 6.16. The van der Waals surface area contributed by atoms with E-state index < -0.39 is 0 Å². The Hall–Kier alpha value is -2.14. The monoisotopic (exact) mass is 327 g/mol. The highest BCUT2D eigenvalue weighted by Crippen LogP contribution is 2.36. The zero-order valence-corrected chi connectivity index (χ0v) is 14.7. The second-order valence-electron chi connectivity index (χ2n) is 5.81. The molecule has 5 heteroatoms. The molecule has 0 aliphatic heterocycles. The van der Waals surface area contributed by atoms with Crippen molar-refractivity contribution in [3.05, 3.63) is 53.3 Å². The number of hydrogen-bond acceptors (Lipinski definition) is 4. The van der Waals surface area contributed by atoms with Gasteiger partial charge in [-0.2, -0.15) is 12.6 Å². The number of nitrogens with one attached hydrogen (secondary N) is 1. The molecule has 0 amide bonds. The Labute approximate surface area is 141 Å². The summed E-state index contributed by atoms with van der Waals surface area (Å²) in [5.74, 6) is 1.64. The molecule has 0 bridgehead atoms. The van der Waals surface area contributed by atoms with E-state index in [1.165, 1.54) is 11.1 Å². The predicted molar refractivity (Wildman–Crippen MR) is 99.0 cm³/mol. The van der Waals surface area contributed by atoms with Crippen molar-refractivity contribution < 1.29 is 4.74 Å². The molecule has 1 unspecified atom stereocenters. The highest BCUT2D eigenvalue weighted by atomic mass is 32.1. The summed E-state index contributed by atoms with van der Waals surface area (Å²) in [6.07, 6.45) is 0. The number of benzene rings is 2. The maximum absolute atomic E-state index is 5.27. The molecule has 1 aromatic heterocycles. The molecule has 3 rings (SSSR count). The number of imidazole rings is 1. The zero-order chi connectivity index (χ0) is 16.6. The molecule has 0 fully saturated rings. The normalized spacial score (nSPS) is 12.4. The largest absolute Gasteiger partial charge is 0.497 e. The van der Waals surface area contributed by atoms with Crippen molar-refractivity contribution >= 4 is 29.3 Å². The van der Waals surface area contributed by atoms with E-state index in [9.17, 15) is 0 Å². The van der Waals surface area contributed by atoms with Gasteiger partial charge >= 0.3 is 0 Å². The maximum Gasteiger partial charge on any atom is 0.124 e. The summed E-state index contributed by atoms with van der Waals surface area (Å²) in [5.41, 5.74) is 5.40. The first kappa shape index (κ1) is 15.7. The quantitative estimate of drug-likeness (QED) is 0.713. The Balaban J connectivity index is 2.09. The summed E-state index contributed by atoms with van der Waals surface area (Å²) >= 11 is 4.85. The molecule has 0 saturated carbocycles. The van der Waals surface area contributed by atoms with Crippen LogP contribution in [0.2, 0.25) is 0 Å². The summed E-state index contributed by atoms with van der Waals surface area (Å²) in [7, 11) is 5.75. The lowest BCUT2D eigenvalue weighted by Crippen LogP contribution is -2.13. The molecule has 0 spiro atoms. The summed E-state index contributed by atoms with van der Waals surface area (Å²) < 4.78 is 5.27. The van der Waals surface area contributed by atoms with E-state index >= 15 is 0 Å². The molecule has 4 nitrogen and oxygen atoms in total. The molecule has 0 saturated heterocycles. The van der Waals surface area contributed by atoms with Gasteiger partial charge in [0, 0.05) is 25.8 Å². The molecule has 1 heterocycles. The van der Waals surface area contributed by atoms with Crippen molar-refractivity contribution in [3.63, 3.8) is 0 Å². The van der Waals surface area contributed by atoms with Gasteiger partial charge in [0.25, 0.3) is 0 Å². The van der Waals surface area contributed by atoms with E-state index in [-0.39, 0.29) is 5.25 Å². The number of H-pyrrole nitrogens is 1. The van der Waals surface area contributed by atoms with Gasteiger partial charge in [0.1, 0.15) is 11.6 Å². The van der Waals surface area contributed by atoms with Gasteiger partial charge in [-0.3, -0.25) is 0 Å². The number of aromatic amines is 1. The van der Waals surface area contributed by atoms with Gasteiger partial charge in [-0.15, -0.1) is 0 Å². The van der Waals surface area contributed by atoms with Gasteiger partial charge < -0.3 is 14.6 Å². The summed E-state index contributed by atoms with van der Waals surface area (Å²) in [6.45, 7) is 2.11. The van der Waals surface area contributed by atoms with Crippen molar-refractivity contribution in [1.29, 1.82) is 0 Å². The number of aromatic nitrogens is 2. The molecular weight excluding hydrogens is 306 g/mol. The van der Waals surface area contributed by atoms with Crippen molar-refractivity contribution in [2.45, 2.75) is 12.2 Å². The van der Waals surface area contributed by atoms with Crippen LogP contribution in [0.5, 0.6) is 5.75 Å². The first-order chi connectivity index (χ1) is 11.0. The molecule has 1 atom stereocenters. The zero-order valence-electron chi connectivity index (χ0n) is 13.8. The van der Waals surface area contributed by atoms with Crippen LogP contribution in [0.4, 0.5) is 5.69 Å². The Morgan fingerprint density at radius 3 is 2.70 bits per heavy atom. The Morgan fingerprint density at radius 2 is 2.00 bits per heavy atom. The van der Waals surface area contributed by atoms with E-state index in [0.717, 1.165) is 28.3 Å².